The van der Waals surface area contributed by atoms with Crippen LogP contribution in [0.4, 0.5) is 8.78 Å². The van der Waals surface area contributed by atoms with E-state index in [1.165, 1.54) is 6.92 Å². The number of carbonyl (C=O) groups is 1. The summed E-state index contributed by atoms with van der Waals surface area (Å²) in [6, 6.07) is 1.67. The van der Waals surface area contributed by atoms with Crippen molar-refractivity contribution >= 4 is 17.6 Å². The van der Waals surface area contributed by atoms with Gasteiger partial charge in [-0.05, 0) is 19.9 Å². The topological polar surface area (TPSA) is 52.3 Å². The van der Waals surface area contributed by atoms with E-state index in [2.05, 4.69) is 4.98 Å². The third-order valence-electron chi connectivity index (χ3n) is 2.51. The van der Waals surface area contributed by atoms with Gasteiger partial charge in [0.25, 0.3) is 0 Å². The number of aromatic nitrogens is 1. The molecule has 0 fully saturated rings. The number of nitrogens with zero attached hydrogens (tertiary/aromatic N) is 1. The molecular weight excluding hydrogens is 292 g/mol. The molecule has 2 aromatic rings. The molecule has 0 aliphatic carbocycles. The molecule has 1 aromatic heterocycles. The van der Waals surface area contributed by atoms with E-state index in [9.17, 15) is 13.6 Å². The summed E-state index contributed by atoms with van der Waals surface area (Å²) < 4.78 is 36.8. The molecule has 0 radical (unpaired) electrons. The summed E-state index contributed by atoms with van der Waals surface area (Å²) in [6.07, 6.45) is 0. The summed E-state index contributed by atoms with van der Waals surface area (Å²) in [5, 5.41) is -0.269. The number of hydrogen-bond donors (Lipinski definition) is 0. The lowest BCUT2D eigenvalue weighted by Gasteiger charge is -2.00. The minimum Gasteiger partial charge on any atom is -0.461 e. The van der Waals surface area contributed by atoms with Crippen molar-refractivity contribution in [1.29, 1.82) is 0 Å². The molecule has 0 bridgehead atoms. The van der Waals surface area contributed by atoms with Gasteiger partial charge in [-0.15, -0.1) is 0 Å². The molecule has 7 heteroatoms. The van der Waals surface area contributed by atoms with Gasteiger partial charge in [-0.2, -0.15) is 0 Å². The molecule has 1 heterocycles. The smallest absolute Gasteiger partial charge is 0.360 e. The second-order valence-corrected chi connectivity index (χ2v) is 4.30. The Bertz CT molecular complexity index is 670. The minimum absolute atomic E-state index is 0.0540. The Morgan fingerprint density at radius 2 is 2.10 bits per heavy atom. The van der Waals surface area contributed by atoms with E-state index in [-0.39, 0.29) is 34.5 Å². The molecule has 0 saturated heterocycles. The second kappa shape index (κ2) is 5.58. The van der Waals surface area contributed by atoms with Crippen molar-refractivity contribution in [2.24, 2.45) is 0 Å². The first-order chi connectivity index (χ1) is 9.43. The van der Waals surface area contributed by atoms with Crippen LogP contribution in [0.2, 0.25) is 5.02 Å². The van der Waals surface area contributed by atoms with Crippen LogP contribution in [-0.4, -0.2) is 17.6 Å². The van der Waals surface area contributed by atoms with E-state index in [1.807, 2.05) is 0 Å². The van der Waals surface area contributed by atoms with Gasteiger partial charge in [-0.3, -0.25) is 0 Å². The molecular formula is C13H10ClF2NO3. The first-order valence-electron chi connectivity index (χ1n) is 5.73. The molecule has 0 aliphatic heterocycles. The number of hydrogen-bond acceptors (Lipinski definition) is 4. The molecule has 4 nitrogen and oxygen atoms in total. The van der Waals surface area contributed by atoms with Crippen molar-refractivity contribution in [2.45, 2.75) is 13.8 Å². The predicted molar refractivity (Wildman–Crippen MR) is 67.6 cm³/mol. The summed E-state index contributed by atoms with van der Waals surface area (Å²) in [7, 11) is 0. The zero-order valence-corrected chi connectivity index (χ0v) is 11.4. The van der Waals surface area contributed by atoms with Gasteiger partial charge in [-0.1, -0.05) is 11.6 Å². The highest BCUT2D eigenvalue weighted by molar-refractivity contribution is 6.31. The molecule has 2 rings (SSSR count). The van der Waals surface area contributed by atoms with Crippen molar-refractivity contribution < 1.29 is 22.7 Å². The molecule has 0 amide bonds. The molecule has 0 saturated carbocycles. The van der Waals surface area contributed by atoms with E-state index in [0.717, 1.165) is 6.07 Å². The molecule has 0 atom stereocenters. The molecule has 0 unspecified atom stereocenters. The monoisotopic (exact) mass is 301 g/mol. The van der Waals surface area contributed by atoms with E-state index in [1.54, 1.807) is 6.92 Å². The van der Waals surface area contributed by atoms with Crippen molar-refractivity contribution in [3.8, 4) is 11.5 Å². The van der Waals surface area contributed by atoms with E-state index in [4.69, 9.17) is 20.8 Å². The van der Waals surface area contributed by atoms with Crippen LogP contribution in [-0.2, 0) is 4.74 Å². The molecule has 20 heavy (non-hydrogen) atoms. The number of oxazole rings is 1. The van der Waals surface area contributed by atoms with Crippen molar-refractivity contribution in [2.75, 3.05) is 6.61 Å². The number of ether oxygens (including phenoxy) is 1. The molecule has 0 spiro atoms. The Kier molecular flexibility index (Phi) is 4.04. The summed E-state index contributed by atoms with van der Waals surface area (Å²) in [5.74, 6) is -2.43. The summed E-state index contributed by atoms with van der Waals surface area (Å²) >= 11 is 5.59. The van der Waals surface area contributed by atoms with Gasteiger partial charge in [0, 0.05) is 6.07 Å². The largest absolute Gasteiger partial charge is 0.461 e. The third kappa shape index (κ3) is 2.65. The minimum atomic E-state index is -0.887. The van der Waals surface area contributed by atoms with Crippen LogP contribution >= 0.6 is 11.6 Å². The number of halogens is 3. The maximum absolute atomic E-state index is 13.7. The average molecular weight is 302 g/mol. The van der Waals surface area contributed by atoms with Crippen LogP contribution in [0.1, 0.15) is 23.2 Å². The van der Waals surface area contributed by atoms with Gasteiger partial charge in [0.05, 0.1) is 17.2 Å². The number of esters is 1. The maximum Gasteiger partial charge on any atom is 0.360 e. The fraction of sp³-hybridized carbons (Fsp3) is 0.231. The van der Waals surface area contributed by atoms with Gasteiger partial charge < -0.3 is 9.15 Å². The van der Waals surface area contributed by atoms with Crippen LogP contribution < -0.4 is 0 Å². The van der Waals surface area contributed by atoms with Gasteiger partial charge in [0.15, 0.2) is 5.69 Å². The highest BCUT2D eigenvalue weighted by atomic mass is 35.5. The average Bonchev–Trinajstić information content (AvgIpc) is 2.76. The number of rotatable bonds is 3. The molecule has 106 valence electrons. The Hall–Kier alpha value is -1.95. The summed E-state index contributed by atoms with van der Waals surface area (Å²) in [4.78, 5) is 15.5. The van der Waals surface area contributed by atoms with Crippen LogP contribution in [0, 0.1) is 18.6 Å². The van der Waals surface area contributed by atoms with Gasteiger partial charge >= 0.3 is 5.97 Å². The van der Waals surface area contributed by atoms with E-state index >= 15 is 0 Å². The Morgan fingerprint density at radius 3 is 2.75 bits per heavy atom. The Balaban J connectivity index is 2.47. The van der Waals surface area contributed by atoms with Crippen molar-refractivity contribution in [3.63, 3.8) is 0 Å². The fourth-order valence-corrected chi connectivity index (χ4v) is 1.75. The second-order valence-electron chi connectivity index (χ2n) is 3.89. The van der Waals surface area contributed by atoms with Crippen LogP contribution in [0.25, 0.3) is 11.5 Å². The Morgan fingerprint density at radius 1 is 1.40 bits per heavy atom. The first kappa shape index (κ1) is 14.5. The van der Waals surface area contributed by atoms with Crippen LogP contribution in [0.5, 0.6) is 0 Å². The lowest BCUT2D eigenvalue weighted by Crippen LogP contribution is -2.06. The zero-order chi connectivity index (χ0) is 14.9. The van der Waals surface area contributed by atoms with Crippen LogP contribution in [0.15, 0.2) is 16.5 Å². The highest BCUT2D eigenvalue weighted by Gasteiger charge is 2.21. The van der Waals surface area contributed by atoms with Gasteiger partial charge in [-0.25, -0.2) is 18.6 Å². The third-order valence-corrected chi connectivity index (χ3v) is 2.80. The van der Waals surface area contributed by atoms with Crippen LogP contribution in [0.3, 0.4) is 0 Å². The van der Waals surface area contributed by atoms with E-state index in [0.29, 0.717) is 6.07 Å². The normalized spacial score (nSPS) is 10.7. The van der Waals surface area contributed by atoms with Crippen molar-refractivity contribution in [1.82, 2.24) is 4.98 Å². The van der Waals surface area contributed by atoms with Gasteiger partial charge in [0.1, 0.15) is 17.4 Å². The standard InChI is InChI=1S/C13H10ClF2NO3/c1-3-19-13(18)11-6(2)20-12(17-11)7-4-8(14)10(16)5-9(7)15/h4-5H,3H2,1-2H3. The maximum atomic E-state index is 13.7. The Labute approximate surface area is 118 Å². The summed E-state index contributed by atoms with van der Waals surface area (Å²) in [6.45, 7) is 3.32. The molecule has 1 aromatic carbocycles. The lowest BCUT2D eigenvalue weighted by atomic mass is 10.2. The first-order valence-corrected chi connectivity index (χ1v) is 6.11. The summed E-state index contributed by atoms with van der Waals surface area (Å²) in [5.41, 5.74) is -0.184. The van der Waals surface area contributed by atoms with Gasteiger partial charge in [0.2, 0.25) is 5.89 Å². The van der Waals surface area contributed by atoms with E-state index < -0.39 is 17.6 Å². The molecule has 0 N–H and O–H groups in total. The highest BCUT2D eigenvalue weighted by Crippen LogP contribution is 2.29. The fourth-order valence-electron chi connectivity index (χ4n) is 1.59. The number of carbonyl (C=O) groups excluding carboxylic acids is 1. The molecule has 0 aliphatic rings. The zero-order valence-electron chi connectivity index (χ0n) is 10.7. The number of benzene rings is 1. The lowest BCUT2D eigenvalue weighted by molar-refractivity contribution is 0.0518. The SMILES string of the molecule is CCOC(=O)c1nc(-c2cc(Cl)c(F)cc2F)oc1C. The van der Waals surface area contributed by atoms with Crippen molar-refractivity contribution in [3.05, 3.63) is 40.2 Å². The quantitative estimate of drug-likeness (QED) is 0.640. The predicted octanol–water partition coefficient (Wildman–Crippen LogP) is 3.76. The number of aryl methyl sites for hydroxylation is 1.